The number of guanidine groups is 1. The van der Waals surface area contributed by atoms with Gasteiger partial charge in [0.05, 0.1) is 11.9 Å². The van der Waals surface area contributed by atoms with Crippen LogP contribution in [0.25, 0.3) is 0 Å². The number of rotatable bonds is 3. The van der Waals surface area contributed by atoms with Crippen LogP contribution in [0.4, 0.5) is 5.69 Å². The van der Waals surface area contributed by atoms with E-state index >= 15 is 0 Å². The molecule has 3 rings (SSSR count). The van der Waals surface area contributed by atoms with Crippen molar-refractivity contribution in [2.75, 3.05) is 31.6 Å². The van der Waals surface area contributed by atoms with E-state index in [4.69, 9.17) is 23.2 Å². The van der Waals surface area contributed by atoms with Crippen molar-refractivity contribution in [3.05, 3.63) is 46.2 Å². The third-order valence-corrected chi connectivity index (χ3v) is 4.77. The summed E-state index contributed by atoms with van der Waals surface area (Å²) in [5, 5.41) is 8.57. The van der Waals surface area contributed by atoms with Gasteiger partial charge < -0.3 is 15.1 Å². The summed E-state index contributed by atoms with van der Waals surface area (Å²) in [5.41, 5.74) is 1.73. The fourth-order valence-electron chi connectivity index (χ4n) is 2.85. The van der Waals surface area contributed by atoms with Crippen molar-refractivity contribution in [1.29, 1.82) is 0 Å². The molecule has 0 unspecified atom stereocenters. The highest BCUT2D eigenvalue weighted by atomic mass is 127. The Hall–Kier alpha value is -1.52. The normalized spacial score (nSPS) is 15.0. The predicted octanol–water partition coefficient (Wildman–Crippen LogP) is 2.77. The SMILES string of the molecule is CN=C(NCc1ccc(Cl)cc1Cl)N1CCN(c2cnn(C)c2)C(=O)C1.I. The van der Waals surface area contributed by atoms with Gasteiger partial charge in [-0.15, -0.1) is 24.0 Å². The third-order valence-electron chi connectivity index (χ3n) is 4.19. The van der Waals surface area contributed by atoms with E-state index in [0.29, 0.717) is 35.6 Å². The fourth-order valence-corrected chi connectivity index (χ4v) is 3.32. The number of carbonyl (C=O) groups excluding carboxylic acids is 1. The number of aryl methyl sites for hydroxylation is 1. The van der Waals surface area contributed by atoms with Crippen LogP contribution in [0, 0.1) is 0 Å². The molecular formula is C17H21Cl2IN6O. The van der Waals surface area contributed by atoms with E-state index in [2.05, 4.69) is 15.4 Å². The van der Waals surface area contributed by atoms with Crippen LogP contribution in [0.15, 0.2) is 35.6 Å². The summed E-state index contributed by atoms with van der Waals surface area (Å²) in [6, 6.07) is 5.37. The number of nitrogens with zero attached hydrogens (tertiary/aromatic N) is 5. The molecule has 0 atom stereocenters. The van der Waals surface area contributed by atoms with Crippen LogP contribution in [0.2, 0.25) is 10.0 Å². The van der Waals surface area contributed by atoms with Gasteiger partial charge in [0.2, 0.25) is 5.91 Å². The van der Waals surface area contributed by atoms with Crippen molar-refractivity contribution in [2.45, 2.75) is 6.54 Å². The highest BCUT2D eigenvalue weighted by molar-refractivity contribution is 14.0. The molecule has 10 heteroatoms. The zero-order valence-corrected chi connectivity index (χ0v) is 18.9. The van der Waals surface area contributed by atoms with Crippen molar-refractivity contribution in [2.24, 2.45) is 12.0 Å². The first kappa shape index (κ1) is 21.8. The number of carbonyl (C=O) groups is 1. The van der Waals surface area contributed by atoms with Crippen LogP contribution >= 0.6 is 47.2 Å². The molecule has 146 valence electrons. The Morgan fingerprint density at radius 2 is 2.11 bits per heavy atom. The Labute approximate surface area is 185 Å². The van der Waals surface area contributed by atoms with Crippen molar-refractivity contribution in [3.8, 4) is 0 Å². The maximum atomic E-state index is 12.5. The van der Waals surface area contributed by atoms with E-state index in [0.717, 1.165) is 11.3 Å². The Balaban J connectivity index is 0.00000261. The number of amides is 1. The second-order valence-corrected chi connectivity index (χ2v) is 6.82. The third kappa shape index (κ3) is 5.26. The Morgan fingerprint density at radius 3 is 2.70 bits per heavy atom. The first-order valence-corrected chi connectivity index (χ1v) is 8.92. The lowest BCUT2D eigenvalue weighted by Crippen LogP contribution is -2.55. The van der Waals surface area contributed by atoms with Crippen molar-refractivity contribution >= 4 is 64.7 Å². The van der Waals surface area contributed by atoms with Gasteiger partial charge in [0.25, 0.3) is 0 Å². The molecule has 0 bridgehead atoms. The van der Waals surface area contributed by atoms with Gasteiger partial charge in [-0.05, 0) is 17.7 Å². The monoisotopic (exact) mass is 522 g/mol. The molecule has 2 heterocycles. The van der Waals surface area contributed by atoms with E-state index < -0.39 is 0 Å². The van der Waals surface area contributed by atoms with Crippen molar-refractivity contribution < 1.29 is 4.79 Å². The molecule has 1 amide bonds. The maximum Gasteiger partial charge on any atom is 0.246 e. The summed E-state index contributed by atoms with van der Waals surface area (Å²) in [5.74, 6) is 0.673. The molecule has 0 aliphatic carbocycles. The molecule has 0 saturated carbocycles. The largest absolute Gasteiger partial charge is 0.352 e. The Kier molecular flexibility index (Phi) is 7.75. The molecule has 1 aliphatic heterocycles. The van der Waals surface area contributed by atoms with Crippen molar-refractivity contribution in [1.82, 2.24) is 20.0 Å². The molecule has 1 aromatic carbocycles. The predicted molar refractivity (Wildman–Crippen MR) is 119 cm³/mol. The van der Waals surface area contributed by atoms with Crippen LogP contribution in [-0.4, -0.2) is 53.2 Å². The first-order valence-electron chi connectivity index (χ1n) is 8.16. The summed E-state index contributed by atoms with van der Waals surface area (Å²) in [6.07, 6.45) is 3.53. The molecule has 1 saturated heterocycles. The van der Waals surface area contributed by atoms with Crippen LogP contribution < -0.4 is 10.2 Å². The van der Waals surface area contributed by atoms with Gasteiger partial charge in [-0.1, -0.05) is 29.3 Å². The number of piperazine rings is 1. The standard InChI is InChI=1S/C17H20Cl2N6O.HI/c1-20-17(21-8-12-3-4-13(18)7-15(12)19)24-5-6-25(16(26)11-24)14-9-22-23(2)10-14;/h3-4,7,9-10H,5-6,8,11H2,1-2H3,(H,20,21);1H. The molecular weight excluding hydrogens is 502 g/mol. The minimum atomic E-state index is 0. The molecule has 1 N–H and O–H groups in total. The number of benzene rings is 1. The molecule has 0 spiro atoms. The molecule has 1 aromatic heterocycles. The average Bonchev–Trinajstić information content (AvgIpc) is 3.03. The number of anilines is 1. The van der Waals surface area contributed by atoms with Crippen LogP contribution in [0.5, 0.6) is 0 Å². The van der Waals surface area contributed by atoms with Crippen LogP contribution in [0.1, 0.15) is 5.56 Å². The molecule has 2 aromatic rings. The van der Waals surface area contributed by atoms with E-state index in [1.165, 1.54) is 0 Å². The second kappa shape index (κ2) is 9.61. The lowest BCUT2D eigenvalue weighted by atomic mass is 10.2. The quantitative estimate of drug-likeness (QED) is 0.382. The number of nitrogens with one attached hydrogen (secondary N) is 1. The van der Waals surface area contributed by atoms with Gasteiger partial charge >= 0.3 is 0 Å². The Morgan fingerprint density at radius 1 is 1.33 bits per heavy atom. The summed E-state index contributed by atoms with van der Waals surface area (Å²) in [4.78, 5) is 20.5. The summed E-state index contributed by atoms with van der Waals surface area (Å²) in [6.45, 7) is 2.00. The van der Waals surface area contributed by atoms with Crippen LogP contribution in [0.3, 0.4) is 0 Å². The number of hydrogen-bond donors (Lipinski definition) is 1. The molecule has 0 radical (unpaired) electrons. The van der Waals surface area contributed by atoms with E-state index in [1.807, 2.05) is 24.2 Å². The van der Waals surface area contributed by atoms with Gasteiger partial charge in [-0.25, -0.2) is 0 Å². The van der Waals surface area contributed by atoms with Gasteiger partial charge in [0.15, 0.2) is 5.96 Å². The minimum absolute atomic E-state index is 0. The molecule has 7 nitrogen and oxygen atoms in total. The zero-order valence-electron chi connectivity index (χ0n) is 15.0. The number of halogens is 3. The van der Waals surface area contributed by atoms with Gasteiger partial charge in [-0.2, -0.15) is 5.10 Å². The molecule has 27 heavy (non-hydrogen) atoms. The van der Waals surface area contributed by atoms with Crippen LogP contribution in [-0.2, 0) is 18.4 Å². The van der Waals surface area contributed by atoms with Gasteiger partial charge in [-0.3, -0.25) is 14.5 Å². The Bertz CT molecular complexity index is 841. The smallest absolute Gasteiger partial charge is 0.246 e. The highest BCUT2D eigenvalue weighted by Gasteiger charge is 2.27. The molecule has 1 fully saturated rings. The number of hydrogen-bond acceptors (Lipinski definition) is 3. The number of aromatic nitrogens is 2. The average molecular weight is 523 g/mol. The second-order valence-electron chi connectivity index (χ2n) is 5.98. The number of aliphatic imine (C=N–C) groups is 1. The summed E-state index contributed by atoms with van der Waals surface area (Å²) < 4.78 is 1.69. The van der Waals surface area contributed by atoms with Gasteiger partial charge in [0.1, 0.15) is 6.54 Å². The first-order chi connectivity index (χ1) is 12.5. The zero-order chi connectivity index (χ0) is 18.7. The topological polar surface area (TPSA) is 65.8 Å². The summed E-state index contributed by atoms with van der Waals surface area (Å²) in [7, 11) is 3.53. The highest BCUT2D eigenvalue weighted by Crippen LogP contribution is 2.21. The van der Waals surface area contributed by atoms with E-state index in [9.17, 15) is 4.79 Å². The van der Waals surface area contributed by atoms with Crippen molar-refractivity contribution in [3.63, 3.8) is 0 Å². The maximum absolute atomic E-state index is 12.5. The lowest BCUT2D eigenvalue weighted by Gasteiger charge is -2.35. The minimum Gasteiger partial charge on any atom is -0.352 e. The summed E-state index contributed by atoms with van der Waals surface area (Å²) >= 11 is 12.1. The van der Waals surface area contributed by atoms with Gasteiger partial charge in [0, 0.05) is 50.0 Å². The van der Waals surface area contributed by atoms with E-state index in [1.54, 1.807) is 35.0 Å². The lowest BCUT2D eigenvalue weighted by molar-refractivity contribution is -0.120. The fraction of sp³-hybridized carbons (Fsp3) is 0.353. The van der Waals surface area contributed by atoms with E-state index in [-0.39, 0.29) is 36.4 Å². The molecule has 1 aliphatic rings.